The van der Waals surface area contributed by atoms with Crippen LogP contribution in [0.15, 0.2) is 6.07 Å². The van der Waals surface area contributed by atoms with Crippen LogP contribution in [0.1, 0.15) is 28.4 Å². The molecular weight excluding hydrogens is 216 g/mol. The lowest BCUT2D eigenvalue weighted by Crippen LogP contribution is -2.26. The second-order valence-corrected chi connectivity index (χ2v) is 4.20. The molecule has 0 bridgehead atoms. The summed E-state index contributed by atoms with van der Waals surface area (Å²) in [7, 11) is 0. The van der Waals surface area contributed by atoms with Crippen molar-refractivity contribution in [2.24, 2.45) is 0 Å². The lowest BCUT2D eigenvalue weighted by Gasteiger charge is -2.24. The summed E-state index contributed by atoms with van der Waals surface area (Å²) in [5.74, 6) is -0.666. The molecule has 2 rings (SSSR count). The molecule has 0 amide bonds. The first-order valence-corrected chi connectivity index (χ1v) is 5.10. The number of phenolic OH excluding ortho intramolecular Hbond substituents is 1. The summed E-state index contributed by atoms with van der Waals surface area (Å²) in [6.45, 7) is 3.70. The van der Waals surface area contributed by atoms with E-state index in [1.807, 2.05) is 13.8 Å². The van der Waals surface area contributed by atoms with Crippen LogP contribution in [0.25, 0.3) is 0 Å². The van der Waals surface area contributed by atoms with Gasteiger partial charge in [-0.15, -0.1) is 0 Å². The van der Waals surface area contributed by atoms with Crippen LogP contribution in [0, 0.1) is 6.92 Å². The summed E-state index contributed by atoms with van der Waals surface area (Å²) < 4.78 is 5.05. The minimum absolute atomic E-state index is 0.149. The normalized spacial score (nSPS) is 19.7. The molecule has 1 aliphatic rings. The van der Waals surface area contributed by atoms with Crippen LogP contribution in [0.4, 0.5) is 0 Å². The van der Waals surface area contributed by atoms with E-state index in [9.17, 15) is 9.90 Å². The van der Waals surface area contributed by atoms with Gasteiger partial charge in [0, 0.05) is 6.42 Å². The molecule has 1 heterocycles. The van der Waals surface area contributed by atoms with Gasteiger partial charge in [0.1, 0.15) is 17.4 Å². The minimum atomic E-state index is -0.494. The van der Waals surface area contributed by atoms with Gasteiger partial charge in [-0.05, 0) is 31.0 Å². The quantitative estimate of drug-likeness (QED) is 0.692. The summed E-state index contributed by atoms with van der Waals surface area (Å²) >= 11 is 5.79. The zero-order valence-corrected chi connectivity index (χ0v) is 9.26. The van der Waals surface area contributed by atoms with E-state index >= 15 is 0 Å². The molecule has 1 aromatic carbocycles. The highest BCUT2D eigenvalue weighted by Gasteiger charge is 2.29. The number of halogens is 1. The molecule has 0 radical (unpaired) electrons. The van der Waals surface area contributed by atoms with Crippen LogP contribution < -0.4 is 0 Å². The van der Waals surface area contributed by atoms with Crippen LogP contribution in [-0.2, 0) is 11.2 Å². The molecule has 1 atom stereocenters. The molecule has 1 aliphatic heterocycles. The van der Waals surface area contributed by atoms with Gasteiger partial charge in [-0.25, -0.2) is 4.79 Å². The largest absolute Gasteiger partial charge is 0.505 e. The number of rotatable bonds is 0. The number of aromatic hydroxyl groups is 1. The fourth-order valence-electron chi connectivity index (χ4n) is 1.86. The average Bonchev–Trinajstić information content (AvgIpc) is 2.13. The summed E-state index contributed by atoms with van der Waals surface area (Å²) in [6, 6.07) is 1.67. The molecule has 3 nitrogen and oxygen atoms in total. The summed E-state index contributed by atoms with van der Waals surface area (Å²) in [5.41, 5.74) is 1.97. The van der Waals surface area contributed by atoms with E-state index in [0.29, 0.717) is 6.42 Å². The van der Waals surface area contributed by atoms with Crippen molar-refractivity contribution >= 4 is 17.6 Å². The van der Waals surface area contributed by atoms with Gasteiger partial charge in [0.2, 0.25) is 0 Å². The van der Waals surface area contributed by atoms with Gasteiger partial charge < -0.3 is 9.84 Å². The average molecular weight is 227 g/mol. The molecule has 0 aliphatic carbocycles. The number of carbonyl (C=O) groups excluding carboxylic acids is 1. The molecular formula is C11H11ClO3. The Bertz CT molecular complexity index is 440. The van der Waals surface area contributed by atoms with Crippen molar-refractivity contribution in [1.82, 2.24) is 0 Å². The second-order valence-electron chi connectivity index (χ2n) is 3.80. The van der Waals surface area contributed by atoms with Crippen LogP contribution in [0.2, 0.25) is 5.02 Å². The third-order valence-corrected chi connectivity index (χ3v) is 2.88. The van der Waals surface area contributed by atoms with Gasteiger partial charge in [-0.2, -0.15) is 0 Å². The summed E-state index contributed by atoms with van der Waals surface area (Å²) in [4.78, 5) is 11.6. The molecule has 0 spiro atoms. The van der Waals surface area contributed by atoms with Crippen LogP contribution >= 0.6 is 11.6 Å². The maximum absolute atomic E-state index is 11.6. The van der Waals surface area contributed by atoms with Crippen molar-refractivity contribution in [1.29, 1.82) is 0 Å². The van der Waals surface area contributed by atoms with Crippen molar-refractivity contribution in [2.75, 3.05) is 0 Å². The number of aryl methyl sites for hydroxylation is 1. The Morgan fingerprint density at radius 2 is 2.27 bits per heavy atom. The lowest BCUT2D eigenvalue weighted by atomic mass is 9.94. The number of esters is 1. The Morgan fingerprint density at radius 1 is 1.60 bits per heavy atom. The Hall–Kier alpha value is -1.22. The van der Waals surface area contributed by atoms with E-state index in [2.05, 4.69) is 0 Å². The molecule has 0 fully saturated rings. The lowest BCUT2D eigenvalue weighted by molar-refractivity contribution is 0.0296. The number of fused-ring (bicyclic) bond motifs is 1. The van der Waals surface area contributed by atoms with Gasteiger partial charge in [0.25, 0.3) is 0 Å². The first kappa shape index (κ1) is 10.3. The molecule has 80 valence electrons. The molecule has 1 aromatic rings. The predicted molar refractivity (Wildman–Crippen MR) is 56.4 cm³/mol. The number of hydrogen-bond acceptors (Lipinski definition) is 3. The van der Waals surface area contributed by atoms with Crippen molar-refractivity contribution in [3.8, 4) is 5.75 Å². The van der Waals surface area contributed by atoms with Crippen LogP contribution in [0.3, 0.4) is 0 Å². The SMILES string of the molecule is Cc1cc(Cl)c(O)c2c1C[C@@H](C)OC2=O. The fourth-order valence-corrected chi connectivity index (χ4v) is 2.12. The fraction of sp³-hybridized carbons (Fsp3) is 0.364. The monoisotopic (exact) mass is 226 g/mol. The highest BCUT2D eigenvalue weighted by atomic mass is 35.5. The van der Waals surface area contributed by atoms with Gasteiger partial charge in [-0.1, -0.05) is 11.6 Å². The molecule has 0 saturated carbocycles. The zero-order valence-electron chi connectivity index (χ0n) is 8.50. The number of ether oxygens (including phenoxy) is 1. The van der Waals surface area contributed by atoms with E-state index in [0.717, 1.165) is 11.1 Å². The number of cyclic esters (lactones) is 1. The van der Waals surface area contributed by atoms with E-state index in [1.54, 1.807) is 6.07 Å². The van der Waals surface area contributed by atoms with E-state index in [-0.39, 0.29) is 22.4 Å². The Kier molecular flexibility index (Phi) is 2.35. The standard InChI is InChI=1S/C11H11ClO3/c1-5-3-8(12)10(13)9-7(5)4-6(2)15-11(9)14/h3,6,13H,4H2,1-2H3/t6-/m1/s1. The maximum atomic E-state index is 11.6. The van der Waals surface area contributed by atoms with Crippen molar-refractivity contribution in [3.05, 3.63) is 27.8 Å². The van der Waals surface area contributed by atoms with Crippen molar-refractivity contribution < 1.29 is 14.6 Å². The van der Waals surface area contributed by atoms with Gasteiger partial charge in [-0.3, -0.25) is 0 Å². The zero-order chi connectivity index (χ0) is 11.2. The third kappa shape index (κ3) is 1.57. The highest BCUT2D eigenvalue weighted by Crippen LogP contribution is 2.36. The molecule has 0 aromatic heterocycles. The number of hydrogen-bond donors (Lipinski definition) is 1. The molecule has 0 saturated heterocycles. The minimum Gasteiger partial charge on any atom is -0.505 e. The smallest absolute Gasteiger partial charge is 0.342 e. The first-order valence-electron chi connectivity index (χ1n) is 4.72. The number of carbonyl (C=O) groups is 1. The molecule has 15 heavy (non-hydrogen) atoms. The van der Waals surface area contributed by atoms with Gasteiger partial charge in [0.15, 0.2) is 0 Å². The Labute approximate surface area is 92.6 Å². The van der Waals surface area contributed by atoms with E-state index in [4.69, 9.17) is 16.3 Å². The maximum Gasteiger partial charge on any atom is 0.342 e. The van der Waals surface area contributed by atoms with Gasteiger partial charge in [0.05, 0.1) is 5.02 Å². The third-order valence-electron chi connectivity index (χ3n) is 2.59. The van der Waals surface area contributed by atoms with E-state index < -0.39 is 5.97 Å². The predicted octanol–water partition coefficient (Wildman–Crippen LogP) is 2.46. The second kappa shape index (κ2) is 3.42. The Morgan fingerprint density at radius 3 is 2.93 bits per heavy atom. The molecule has 1 N–H and O–H groups in total. The summed E-state index contributed by atoms with van der Waals surface area (Å²) in [6.07, 6.45) is 0.474. The van der Waals surface area contributed by atoms with Crippen LogP contribution in [0.5, 0.6) is 5.75 Å². The van der Waals surface area contributed by atoms with E-state index in [1.165, 1.54) is 0 Å². The highest BCUT2D eigenvalue weighted by molar-refractivity contribution is 6.32. The molecule has 4 heteroatoms. The van der Waals surface area contributed by atoms with Crippen LogP contribution in [-0.4, -0.2) is 17.2 Å². The Balaban J connectivity index is 2.69. The van der Waals surface area contributed by atoms with Crippen molar-refractivity contribution in [2.45, 2.75) is 26.4 Å². The summed E-state index contributed by atoms with van der Waals surface area (Å²) in [5, 5.41) is 9.88. The molecule has 0 unspecified atom stereocenters. The number of benzene rings is 1. The van der Waals surface area contributed by atoms with Gasteiger partial charge >= 0.3 is 5.97 Å². The number of phenols is 1. The van der Waals surface area contributed by atoms with Crippen molar-refractivity contribution in [3.63, 3.8) is 0 Å². The topological polar surface area (TPSA) is 46.5 Å². The first-order chi connectivity index (χ1) is 7.00.